The minimum Gasteiger partial charge on any atom is -0.347 e. The van der Waals surface area contributed by atoms with Gasteiger partial charge in [-0.1, -0.05) is 18.2 Å². The van der Waals surface area contributed by atoms with Gasteiger partial charge in [-0.25, -0.2) is 0 Å². The number of nitrogens with one attached hydrogen (secondary N) is 2. The maximum atomic E-state index is 11.2. The Kier molecular flexibility index (Phi) is 1.98. The Morgan fingerprint density at radius 2 is 1.94 bits per heavy atom. The molecule has 0 saturated heterocycles. The van der Waals surface area contributed by atoms with E-state index in [2.05, 4.69) is 33.8 Å². The zero-order valence-electron chi connectivity index (χ0n) is 9.74. The lowest BCUT2D eigenvalue weighted by Crippen LogP contribution is -1.93. The summed E-state index contributed by atoms with van der Waals surface area (Å²) in [5.74, 6) is 0. The van der Waals surface area contributed by atoms with Gasteiger partial charge in [-0.2, -0.15) is 0 Å². The van der Waals surface area contributed by atoms with Crippen molar-refractivity contribution in [3.8, 4) is 11.3 Å². The monoisotopic (exact) mass is 227 g/mol. The molecule has 3 aromatic rings. The first-order chi connectivity index (χ1) is 8.18. The Bertz CT molecular complexity index is 745. The molecule has 2 heterocycles. The van der Waals surface area contributed by atoms with Gasteiger partial charge in [0.15, 0.2) is 0 Å². The highest BCUT2D eigenvalue weighted by atomic mass is 16.1. The minimum absolute atomic E-state index is 0.104. The number of para-hydroxylation sites is 1. The molecule has 2 aromatic heterocycles. The van der Waals surface area contributed by atoms with E-state index in [0.717, 1.165) is 22.3 Å². The number of hydrogen-bond acceptors (Lipinski definition) is 1. The number of rotatable bonds is 1. The molecule has 0 aliphatic rings. The molecule has 0 atom stereocenters. The average Bonchev–Trinajstić information content (AvgIpc) is 2.84. The third-order valence-electron chi connectivity index (χ3n) is 3.26. The summed E-state index contributed by atoms with van der Waals surface area (Å²) in [6, 6.07) is 9.77. The maximum absolute atomic E-state index is 11.2. The molecule has 0 bridgehead atoms. The molecule has 0 spiro atoms. The van der Waals surface area contributed by atoms with Crippen LogP contribution in [0.15, 0.2) is 35.1 Å². The number of fused-ring (bicyclic) bond motifs is 1. The fourth-order valence-electron chi connectivity index (χ4n) is 2.33. The maximum Gasteiger partial charge on any atom is 0.264 e. The van der Waals surface area contributed by atoms with Crippen molar-refractivity contribution in [3.05, 3.63) is 46.4 Å². The summed E-state index contributed by atoms with van der Waals surface area (Å²) in [5, 5.41) is 6.65. The summed E-state index contributed by atoms with van der Waals surface area (Å²) in [6.45, 7) is 2.06. The molecule has 0 fully saturated rings. The number of H-pyrrole nitrogens is 2. The van der Waals surface area contributed by atoms with Gasteiger partial charge in [0.2, 0.25) is 0 Å². The van der Waals surface area contributed by atoms with Crippen molar-refractivity contribution >= 4 is 10.9 Å². The number of nitrogens with zero attached hydrogens (tertiary/aromatic N) is 1. The number of benzene rings is 1. The predicted molar refractivity (Wildman–Crippen MR) is 68.1 cm³/mol. The number of aromatic amines is 2. The molecule has 2 N–H and O–H groups in total. The molecule has 1 aromatic carbocycles. The Morgan fingerprint density at radius 1 is 1.18 bits per heavy atom. The molecule has 0 aliphatic heterocycles. The molecule has 4 heteroatoms. The topological polar surface area (TPSA) is 53.6 Å². The van der Waals surface area contributed by atoms with Gasteiger partial charge in [0.1, 0.15) is 0 Å². The highest BCUT2D eigenvalue weighted by Gasteiger charge is 2.14. The highest BCUT2D eigenvalue weighted by molar-refractivity contribution is 5.97. The third-order valence-corrected chi connectivity index (χ3v) is 3.26. The Morgan fingerprint density at radius 3 is 2.65 bits per heavy atom. The lowest BCUT2D eigenvalue weighted by molar-refractivity contribution is 0.918. The fourth-order valence-corrected chi connectivity index (χ4v) is 2.33. The first-order valence-corrected chi connectivity index (χ1v) is 5.50. The van der Waals surface area contributed by atoms with Gasteiger partial charge in [0, 0.05) is 35.3 Å². The molecule has 0 unspecified atom stereocenters. The van der Waals surface area contributed by atoms with Crippen LogP contribution in [0.2, 0.25) is 0 Å². The third kappa shape index (κ3) is 1.34. The van der Waals surface area contributed by atoms with E-state index >= 15 is 0 Å². The summed E-state index contributed by atoms with van der Waals surface area (Å²) in [5.41, 5.74) is 4.13. The van der Waals surface area contributed by atoms with E-state index in [9.17, 15) is 4.79 Å². The van der Waals surface area contributed by atoms with Gasteiger partial charge in [-0.3, -0.25) is 15.0 Å². The van der Waals surface area contributed by atoms with Crippen LogP contribution in [0.25, 0.3) is 22.2 Å². The summed E-state index contributed by atoms with van der Waals surface area (Å²) < 4.78 is 2.13. The van der Waals surface area contributed by atoms with E-state index < -0.39 is 0 Å². The molecule has 3 rings (SSSR count). The second kappa shape index (κ2) is 3.38. The van der Waals surface area contributed by atoms with Gasteiger partial charge in [0.25, 0.3) is 5.56 Å². The van der Waals surface area contributed by atoms with Crippen molar-refractivity contribution in [2.45, 2.75) is 6.92 Å². The normalized spacial score (nSPS) is 11.2. The van der Waals surface area contributed by atoms with E-state index in [-0.39, 0.29) is 5.56 Å². The van der Waals surface area contributed by atoms with Crippen LogP contribution in [-0.4, -0.2) is 14.8 Å². The number of aryl methyl sites for hydroxylation is 1. The Balaban J connectivity index is 2.44. The summed E-state index contributed by atoms with van der Waals surface area (Å²) in [7, 11) is 2.03. The van der Waals surface area contributed by atoms with E-state index in [1.54, 1.807) is 6.07 Å². The van der Waals surface area contributed by atoms with Crippen LogP contribution < -0.4 is 5.56 Å². The SMILES string of the molecule is Cc1c(-c2cc(=O)[nH][nH]2)c2ccccc2n1C. The standard InChI is InChI=1S/C13H13N3O/c1-8-13(10-7-12(17)15-14-10)9-5-3-4-6-11(9)16(8)2/h3-7H,1-2H3,(H2,14,15,17). The van der Waals surface area contributed by atoms with Crippen LogP contribution in [0.3, 0.4) is 0 Å². The zero-order chi connectivity index (χ0) is 12.0. The van der Waals surface area contributed by atoms with Gasteiger partial charge in [-0.05, 0) is 13.0 Å². The van der Waals surface area contributed by atoms with Gasteiger partial charge >= 0.3 is 0 Å². The number of aromatic nitrogens is 3. The highest BCUT2D eigenvalue weighted by Crippen LogP contribution is 2.31. The second-order valence-electron chi connectivity index (χ2n) is 4.21. The minimum atomic E-state index is -0.104. The smallest absolute Gasteiger partial charge is 0.264 e. The largest absolute Gasteiger partial charge is 0.347 e. The molecule has 4 nitrogen and oxygen atoms in total. The summed E-state index contributed by atoms with van der Waals surface area (Å²) in [6.07, 6.45) is 0. The molecule has 0 amide bonds. The van der Waals surface area contributed by atoms with Crippen LogP contribution in [-0.2, 0) is 7.05 Å². The average molecular weight is 227 g/mol. The van der Waals surface area contributed by atoms with Crippen molar-refractivity contribution in [2.75, 3.05) is 0 Å². The lowest BCUT2D eigenvalue weighted by atomic mass is 10.1. The molecule has 0 aliphatic carbocycles. The second-order valence-corrected chi connectivity index (χ2v) is 4.21. The molecular formula is C13H13N3O. The Hall–Kier alpha value is -2.23. The molecule has 17 heavy (non-hydrogen) atoms. The Labute approximate surface area is 97.9 Å². The summed E-state index contributed by atoms with van der Waals surface area (Å²) >= 11 is 0. The first kappa shape index (κ1) is 9.96. The van der Waals surface area contributed by atoms with Crippen molar-refractivity contribution in [1.82, 2.24) is 14.8 Å². The van der Waals surface area contributed by atoms with E-state index in [1.165, 1.54) is 5.52 Å². The lowest BCUT2D eigenvalue weighted by Gasteiger charge is -1.99. The van der Waals surface area contributed by atoms with Crippen LogP contribution in [0.5, 0.6) is 0 Å². The summed E-state index contributed by atoms with van der Waals surface area (Å²) in [4.78, 5) is 11.2. The van der Waals surface area contributed by atoms with Crippen LogP contribution in [0.1, 0.15) is 5.69 Å². The van der Waals surface area contributed by atoms with E-state index in [0.29, 0.717) is 0 Å². The van der Waals surface area contributed by atoms with Crippen LogP contribution >= 0.6 is 0 Å². The molecule has 0 radical (unpaired) electrons. The van der Waals surface area contributed by atoms with E-state index in [4.69, 9.17) is 0 Å². The van der Waals surface area contributed by atoms with Gasteiger partial charge in [-0.15, -0.1) is 0 Å². The molecule has 0 saturated carbocycles. The quantitative estimate of drug-likeness (QED) is 0.657. The predicted octanol–water partition coefficient (Wildman–Crippen LogP) is 2.17. The van der Waals surface area contributed by atoms with E-state index in [1.807, 2.05) is 19.2 Å². The van der Waals surface area contributed by atoms with Crippen molar-refractivity contribution in [1.29, 1.82) is 0 Å². The first-order valence-electron chi connectivity index (χ1n) is 5.50. The zero-order valence-corrected chi connectivity index (χ0v) is 9.74. The van der Waals surface area contributed by atoms with Crippen molar-refractivity contribution in [3.63, 3.8) is 0 Å². The van der Waals surface area contributed by atoms with Crippen LogP contribution in [0, 0.1) is 6.92 Å². The van der Waals surface area contributed by atoms with Crippen molar-refractivity contribution < 1.29 is 0 Å². The fraction of sp³-hybridized carbons (Fsp3) is 0.154. The molecule has 86 valence electrons. The van der Waals surface area contributed by atoms with Gasteiger partial charge < -0.3 is 4.57 Å². The van der Waals surface area contributed by atoms with Gasteiger partial charge in [0.05, 0.1) is 5.69 Å². The van der Waals surface area contributed by atoms with Crippen molar-refractivity contribution in [2.24, 2.45) is 7.05 Å². The van der Waals surface area contributed by atoms with Crippen LogP contribution in [0.4, 0.5) is 0 Å². The molecular weight excluding hydrogens is 214 g/mol. The number of hydrogen-bond donors (Lipinski definition) is 2.